The molecule has 162 valence electrons. The number of amides is 2. The molecule has 0 unspecified atom stereocenters. The second-order valence-electron chi connectivity index (χ2n) is 7.54. The summed E-state index contributed by atoms with van der Waals surface area (Å²) in [5.41, 5.74) is 1.39. The monoisotopic (exact) mass is 447 g/mol. The Balaban J connectivity index is 1.29. The zero-order chi connectivity index (χ0) is 21.9. The average Bonchev–Trinajstić information content (AvgIpc) is 3.61. The first-order valence-corrected chi connectivity index (χ1v) is 11.3. The molecule has 8 nitrogen and oxygen atoms in total. The van der Waals surface area contributed by atoms with Crippen molar-refractivity contribution in [3.05, 3.63) is 77.8 Å². The molecule has 32 heavy (non-hydrogen) atoms. The highest BCUT2D eigenvalue weighted by Crippen LogP contribution is 2.25. The van der Waals surface area contributed by atoms with Crippen LogP contribution in [0.4, 0.5) is 0 Å². The quantitative estimate of drug-likeness (QED) is 0.504. The standard InChI is InChI=1S/C23H21N5O3S/c29-22(24-17-8-11-27(12-9-17)23(30)16-10-13-31-15-16)20-25-21(19-7-4-14-32-19)28(26-20)18-5-2-1-3-6-18/h1-7,10,13-15,17H,8-9,11-12H2,(H,24,29). The average molecular weight is 448 g/mol. The van der Waals surface area contributed by atoms with Gasteiger partial charge in [0.1, 0.15) is 6.26 Å². The number of nitrogens with zero attached hydrogens (tertiary/aromatic N) is 4. The Labute approximate surface area is 188 Å². The van der Waals surface area contributed by atoms with E-state index in [1.54, 1.807) is 27.0 Å². The summed E-state index contributed by atoms with van der Waals surface area (Å²) in [7, 11) is 0. The molecule has 4 heterocycles. The van der Waals surface area contributed by atoms with Crippen LogP contribution in [-0.2, 0) is 0 Å². The minimum atomic E-state index is -0.308. The van der Waals surface area contributed by atoms with Crippen molar-refractivity contribution in [3.63, 3.8) is 0 Å². The predicted molar refractivity (Wildman–Crippen MR) is 120 cm³/mol. The smallest absolute Gasteiger partial charge is 0.291 e. The number of thiophene rings is 1. The predicted octanol–water partition coefficient (Wildman–Crippen LogP) is 3.62. The number of hydrogen-bond donors (Lipinski definition) is 1. The maximum atomic E-state index is 12.9. The molecule has 1 aliphatic rings. The van der Waals surface area contributed by atoms with E-state index in [1.165, 1.54) is 12.5 Å². The number of carbonyl (C=O) groups is 2. The molecule has 3 aromatic heterocycles. The Hall–Kier alpha value is -3.72. The van der Waals surface area contributed by atoms with Crippen LogP contribution < -0.4 is 5.32 Å². The van der Waals surface area contributed by atoms with Crippen molar-refractivity contribution in [1.29, 1.82) is 0 Å². The van der Waals surface area contributed by atoms with Crippen LogP contribution in [-0.4, -0.2) is 50.6 Å². The molecule has 1 N–H and O–H groups in total. The van der Waals surface area contributed by atoms with Crippen LogP contribution in [0.3, 0.4) is 0 Å². The fraction of sp³-hybridized carbons (Fsp3) is 0.217. The van der Waals surface area contributed by atoms with Gasteiger partial charge in [0.25, 0.3) is 11.8 Å². The van der Waals surface area contributed by atoms with Gasteiger partial charge in [-0.05, 0) is 42.5 Å². The molecule has 9 heteroatoms. The van der Waals surface area contributed by atoms with Crippen molar-refractivity contribution in [1.82, 2.24) is 25.0 Å². The first-order chi connectivity index (χ1) is 15.7. The zero-order valence-electron chi connectivity index (χ0n) is 17.2. The number of aromatic nitrogens is 3. The summed E-state index contributed by atoms with van der Waals surface area (Å²) in [6.45, 7) is 1.14. The molecule has 1 aliphatic heterocycles. The Morgan fingerprint density at radius 1 is 1.06 bits per heavy atom. The van der Waals surface area contributed by atoms with Gasteiger partial charge in [-0.2, -0.15) is 0 Å². The minimum absolute atomic E-state index is 0.0373. The first-order valence-electron chi connectivity index (χ1n) is 10.4. The van der Waals surface area contributed by atoms with Crippen molar-refractivity contribution >= 4 is 23.2 Å². The fourth-order valence-electron chi connectivity index (χ4n) is 3.77. The van der Waals surface area contributed by atoms with Crippen LogP contribution in [0.1, 0.15) is 33.8 Å². The maximum Gasteiger partial charge on any atom is 0.291 e. The summed E-state index contributed by atoms with van der Waals surface area (Å²) >= 11 is 1.55. The number of hydrogen-bond acceptors (Lipinski definition) is 6. The van der Waals surface area contributed by atoms with Gasteiger partial charge in [-0.1, -0.05) is 24.3 Å². The van der Waals surface area contributed by atoms with E-state index in [4.69, 9.17) is 4.42 Å². The van der Waals surface area contributed by atoms with E-state index >= 15 is 0 Å². The second-order valence-corrected chi connectivity index (χ2v) is 8.48. The van der Waals surface area contributed by atoms with Gasteiger partial charge in [0.05, 0.1) is 22.4 Å². The summed E-state index contributed by atoms with van der Waals surface area (Å²) in [5.74, 6) is 0.413. The van der Waals surface area contributed by atoms with Gasteiger partial charge in [-0.25, -0.2) is 9.67 Å². The van der Waals surface area contributed by atoms with Crippen LogP contribution in [0, 0.1) is 0 Å². The van der Waals surface area contributed by atoms with E-state index in [9.17, 15) is 9.59 Å². The highest BCUT2D eigenvalue weighted by atomic mass is 32.1. The van der Waals surface area contributed by atoms with Crippen LogP contribution >= 0.6 is 11.3 Å². The molecular weight excluding hydrogens is 426 g/mol. The van der Waals surface area contributed by atoms with Crippen LogP contribution in [0.2, 0.25) is 0 Å². The highest BCUT2D eigenvalue weighted by molar-refractivity contribution is 7.13. The molecule has 0 atom stereocenters. The number of furan rings is 1. The van der Waals surface area contributed by atoms with Crippen molar-refractivity contribution in [2.24, 2.45) is 0 Å². The van der Waals surface area contributed by atoms with Gasteiger partial charge in [0, 0.05) is 19.1 Å². The summed E-state index contributed by atoms with van der Waals surface area (Å²) in [6, 6.07) is 15.2. The maximum absolute atomic E-state index is 12.9. The molecule has 5 rings (SSSR count). The number of likely N-dealkylation sites (tertiary alicyclic amines) is 1. The Morgan fingerprint density at radius 2 is 1.88 bits per heavy atom. The first kappa shape index (κ1) is 20.2. The van der Waals surface area contributed by atoms with Gasteiger partial charge < -0.3 is 14.6 Å². The number of piperidine rings is 1. The molecule has 1 aromatic carbocycles. The lowest BCUT2D eigenvalue weighted by atomic mass is 10.0. The van der Waals surface area contributed by atoms with Crippen LogP contribution in [0.25, 0.3) is 16.4 Å². The lowest BCUT2D eigenvalue weighted by molar-refractivity contribution is 0.0696. The molecule has 4 aromatic rings. The minimum Gasteiger partial charge on any atom is -0.472 e. The lowest BCUT2D eigenvalue weighted by Crippen LogP contribution is -2.46. The Bertz CT molecular complexity index is 1190. The van der Waals surface area contributed by atoms with Crippen molar-refractivity contribution in [2.45, 2.75) is 18.9 Å². The van der Waals surface area contributed by atoms with Gasteiger partial charge in [0.15, 0.2) is 5.82 Å². The number of benzene rings is 1. The topological polar surface area (TPSA) is 93.3 Å². The molecule has 0 spiro atoms. The molecule has 0 saturated carbocycles. The second kappa shape index (κ2) is 8.80. The summed E-state index contributed by atoms with van der Waals surface area (Å²) in [5, 5.41) is 9.51. The van der Waals surface area contributed by atoms with E-state index in [0.717, 1.165) is 10.6 Å². The van der Waals surface area contributed by atoms with E-state index in [2.05, 4.69) is 15.4 Å². The third kappa shape index (κ3) is 4.06. The van der Waals surface area contributed by atoms with Crippen molar-refractivity contribution in [3.8, 4) is 16.4 Å². The molecule has 1 fully saturated rings. The van der Waals surface area contributed by atoms with Crippen molar-refractivity contribution in [2.75, 3.05) is 13.1 Å². The van der Waals surface area contributed by atoms with E-state index in [0.29, 0.717) is 37.3 Å². The number of carbonyl (C=O) groups excluding carboxylic acids is 2. The van der Waals surface area contributed by atoms with E-state index in [-0.39, 0.29) is 23.7 Å². The van der Waals surface area contributed by atoms with Gasteiger partial charge in [-0.3, -0.25) is 9.59 Å². The summed E-state index contributed by atoms with van der Waals surface area (Å²) in [4.78, 5) is 32.7. The molecular formula is C23H21N5O3S. The number of rotatable bonds is 5. The summed E-state index contributed by atoms with van der Waals surface area (Å²) in [6.07, 6.45) is 4.29. The largest absolute Gasteiger partial charge is 0.472 e. The third-order valence-electron chi connectivity index (χ3n) is 5.44. The van der Waals surface area contributed by atoms with E-state index < -0.39 is 0 Å². The Kier molecular flexibility index (Phi) is 5.55. The third-order valence-corrected chi connectivity index (χ3v) is 6.30. The van der Waals surface area contributed by atoms with Gasteiger partial charge in [-0.15, -0.1) is 16.4 Å². The molecule has 0 radical (unpaired) electrons. The molecule has 2 amide bonds. The van der Waals surface area contributed by atoms with Crippen LogP contribution in [0.5, 0.6) is 0 Å². The molecule has 0 bridgehead atoms. The van der Waals surface area contributed by atoms with Gasteiger partial charge in [0.2, 0.25) is 5.82 Å². The SMILES string of the molecule is O=C(NC1CCN(C(=O)c2ccoc2)CC1)c1nc(-c2cccs2)n(-c2ccccc2)n1. The molecule has 1 saturated heterocycles. The van der Waals surface area contributed by atoms with Crippen molar-refractivity contribution < 1.29 is 14.0 Å². The number of para-hydroxylation sites is 1. The highest BCUT2D eigenvalue weighted by Gasteiger charge is 2.27. The Morgan fingerprint density at radius 3 is 2.56 bits per heavy atom. The van der Waals surface area contributed by atoms with Gasteiger partial charge >= 0.3 is 0 Å². The van der Waals surface area contributed by atoms with Crippen LogP contribution in [0.15, 0.2) is 70.9 Å². The normalized spacial score (nSPS) is 14.4. The van der Waals surface area contributed by atoms with E-state index in [1.807, 2.05) is 47.8 Å². The number of nitrogens with one attached hydrogen (secondary N) is 1. The molecule has 0 aliphatic carbocycles. The zero-order valence-corrected chi connectivity index (χ0v) is 18.0. The fourth-order valence-corrected chi connectivity index (χ4v) is 4.47. The summed E-state index contributed by atoms with van der Waals surface area (Å²) < 4.78 is 6.70. The lowest BCUT2D eigenvalue weighted by Gasteiger charge is -2.31.